The van der Waals surface area contributed by atoms with Crippen molar-refractivity contribution in [1.82, 2.24) is 0 Å². The molecule has 1 N–H and O–H groups in total. The maximum atomic E-state index is 13.4. The Bertz CT molecular complexity index is 840. The maximum Gasteiger partial charge on any atom is 0.164 e. The van der Waals surface area contributed by atoms with Crippen LogP contribution in [0.2, 0.25) is 0 Å². The van der Waals surface area contributed by atoms with Gasteiger partial charge in [0.05, 0.1) is 6.10 Å². The molecule has 0 fully saturated rings. The van der Waals surface area contributed by atoms with Crippen molar-refractivity contribution in [1.29, 1.82) is 0 Å². The van der Waals surface area contributed by atoms with Crippen LogP contribution in [0.25, 0.3) is 0 Å². The van der Waals surface area contributed by atoms with Crippen molar-refractivity contribution in [3.8, 4) is 0 Å². The number of benzene rings is 2. The first-order chi connectivity index (χ1) is 17.9. The molecule has 0 aromatic heterocycles. The Balaban J connectivity index is 0.000000371. The van der Waals surface area contributed by atoms with E-state index in [9.17, 15) is 22.7 Å². The van der Waals surface area contributed by atoms with Crippen molar-refractivity contribution >= 4 is 0 Å². The van der Waals surface area contributed by atoms with Crippen molar-refractivity contribution in [3.05, 3.63) is 70.8 Å². The number of aryl methyl sites for hydroxylation is 1. The second-order valence-electron chi connectivity index (χ2n) is 10.0. The number of unbranched alkanes of at least 4 members (excludes halogenated alkanes) is 13. The molecule has 0 amide bonds. The van der Waals surface area contributed by atoms with Crippen LogP contribution in [0.4, 0.5) is 17.6 Å². The number of rotatable bonds is 18. The summed E-state index contributed by atoms with van der Waals surface area (Å²) in [6.07, 6.45) is 18.1. The molecule has 0 aliphatic carbocycles. The lowest BCUT2D eigenvalue weighted by molar-refractivity contribution is 0.157. The summed E-state index contributed by atoms with van der Waals surface area (Å²) in [4.78, 5) is 0. The van der Waals surface area contributed by atoms with E-state index in [4.69, 9.17) is 0 Å². The quantitative estimate of drug-likeness (QED) is 0.152. The summed E-state index contributed by atoms with van der Waals surface area (Å²) < 4.78 is 52.7. The van der Waals surface area contributed by atoms with E-state index in [1.165, 1.54) is 82.4 Å². The second-order valence-corrected chi connectivity index (χ2v) is 10.0. The normalized spacial score (nSPS) is 11.8. The van der Waals surface area contributed by atoms with E-state index in [0.717, 1.165) is 38.2 Å². The molecule has 0 saturated carbocycles. The van der Waals surface area contributed by atoms with E-state index in [1.54, 1.807) is 12.1 Å². The largest absolute Gasteiger partial charge is 0.388 e. The van der Waals surface area contributed by atoms with Gasteiger partial charge in [0, 0.05) is 5.56 Å². The third-order valence-corrected chi connectivity index (χ3v) is 6.75. The van der Waals surface area contributed by atoms with Crippen molar-refractivity contribution in [2.24, 2.45) is 0 Å². The second kappa shape index (κ2) is 21.1. The van der Waals surface area contributed by atoms with Crippen LogP contribution in [0.3, 0.4) is 0 Å². The molecule has 1 unspecified atom stereocenters. The summed E-state index contributed by atoms with van der Waals surface area (Å²) in [6, 6.07) is 8.38. The van der Waals surface area contributed by atoms with Gasteiger partial charge in [0.15, 0.2) is 23.3 Å². The van der Waals surface area contributed by atoms with Crippen molar-refractivity contribution in [2.75, 3.05) is 0 Å². The zero-order valence-electron chi connectivity index (χ0n) is 23.0. The van der Waals surface area contributed by atoms with Gasteiger partial charge in [0.1, 0.15) is 0 Å². The molecule has 2 aromatic carbocycles. The Labute approximate surface area is 222 Å². The lowest BCUT2D eigenvalue weighted by Crippen LogP contribution is -2.02. The van der Waals surface area contributed by atoms with E-state index in [2.05, 4.69) is 13.8 Å². The number of aliphatic hydroxyl groups is 1. The number of aliphatic hydroxyl groups excluding tert-OH is 1. The third-order valence-electron chi connectivity index (χ3n) is 6.75. The molecule has 1 nitrogen and oxygen atoms in total. The number of hydrogen-bond acceptors (Lipinski definition) is 1. The van der Waals surface area contributed by atoms with Gasteiger partial charge in [-0.05, 0) is 37.0 Å². The summed E-state index contributed by atoms with van der Waals surface area (Å²) >= 11 is 0. The number of hydrogen-bond donors (Lipinski definition) is 1. The van der Waals surface area contributed by atoms with Crippen LogP contribution in [-0.2, 0) is 6.42 Å². The summed E-state index contributed by atoms with van der Waals surface area (Å²) in [7, 11) is 0. The summed E-state index contributed by atoms with van der Waals surface area (Å²) in [5.74, 6) is -3.21. The fraction of sp³-hybridized carbons (Fsp3) is 0.625. The minimum atomic E-state index is -0.919. The highest BCUT2D eigenvalue weighted by molar-refractivity contribution is 5.21. The lowest BCUT2D eigenvalue weighted by Gasteiger charge is -2.12. The van der Waals surface area contributed by atoms with Crippen LogP contribution >= 0.6 is 0 Å². The Morgan fingerprint density at radius 3 is 1.59 bits per heavy atom. The summed E-state index contributed by atoms with van der Waals surface area (Å²) in [5.41, 5.74) is 0.590. The fourth-order valence-electron chi connectivity index (χ4n) is 4.42. The molecule has 37 heavy (non-hydrogen) atoms. The SMILES string of the molecule is CCCCCCCCCC(O)c1cccc(F)c1F.CCCCCCCCCCc1cccc(F)c1F. The van der Waals surface area contributed by atoms with Crippen molar-refractivity contribution in [2.45, 2.75) is 129 Å². The zero-order chi connectivity index (χ0) is 27.3. The van der Waals surface area contributed by atoms with Gasteiger partial charge < -0.3 is 5.11 Å². The predicted octanol–water partition coefficient (Wildman–Crippen LogP) is 10.8. The van der Waals surface area contributed by atoms with Crippen molar-refractivity contribution in [3.63, 3.8) is 0 Å². The topological polar surface area (TPSA) is 20.2 Å². The van der Waals surface area contributed by atoms with Gasteiger partial charge in [-0.2, -0.15) is 0 Å². The molecule has 2 rings (SSSR count). The van der Waals surface area contributed by atoms with Crippen LogP contribution < -0.4 is 0 Å². The van der Waals surface area contributed by atoms with Crippen LogP contribution in [0, 0.1) is 23.3 Å². The minimum Gasteiger partial charge on any atom is -0.388 e. The molecule has 1 atom stereocenters. The Hall–Kier alpha value is -1.88. The standard InChI is InChI=1S/C16H24F2O.C16H24F2/c1-2-3-4-5-6-7-8-12-15(19)13-10-9-11-14(17)16(13)18;1-2-3-4-5-6-7-8-9-11-14-12-10-13-15(17)16(14)18/h9-11,15,19H,2-8,12H2,1H3;10,12-13H,2-9,11H2,1H3. The first-order valence-corrected chi connectivity index (χ1v) is 14.5. The number of halogens is 4. The van der Waals surface area contributed by atoms with E-state index in [1.807, 2.05) is 0 Å². The van der Waals surface area contributed by atoms with Crippen LogP contribution in [0.1, 0.15) is 134 Å². The maximum absolute atomic E-state index is 13.4. The average molecular weight is 525 g/mol. The van der Waals surface area contributed by atoms with Crippen LogP contribution in [0.5, 0.6) is 0 Å². The first kappa shape index (κ1) is 33.1. The Morgan fingerprint density at radius 2 is 1.03 bits per heavy atom. The highest BCUT2D eigenvalue weighted by atomic mass is 19.2. The van der Waals surface area contributed by atoms with Crippen molar-refractivity contribution < 1.29 is 22.7 Å². The monoisotopic (exact) mass is 524 g/mol. The van der Waals surface area contributed by atoms with Gasteiger partial charge in [0.2, 0.25) is 0 Å². The van der Waals surface area contributed by atoms with Gasteiger partial charge in [-0.15, -0.1) is 0 Å². The lowest BCUT2D eigenvalue weighted by atomic mass is 10.0. The van der Waals surface area contributed by atoms with E-state index in [0.29, 0.717) is 18.4 Å². The molecular formula is C32H48F4O. The Kier molecular flexibility index (Phi) is 18.9. The van der Waals surface area contributed by atoms with Gasteiger partial charge in [-0.3, -0.25) is 0 Å². The minimum absolute atomic E-state index is 0.0750. The predicted molar refractivity (Wildman–Crippen MR) is 147 cm³/mol. The van der Waals surface area contributed by atoms with Crippen LogP contribution in [-0.4, -0.2) is 5.11 Å². The molecule has 0 radical (unpaired) electrons. The average Bonchev–Trinajstić information content (AvgIpc) is 2.89. The fourth-order valence-corrected chi connectivity index (χ4v) is 4.42. The van der Waals surface area contributed by atoms with Crippen LogP contribution in [0.15, 0.2) is 36.4 Å². The van der Waals surface area contributed by atoms with Gasteiger partial charge in [-0.25, -0.2) is 17.6 Å². The molecule has 0 aliphatic heterocycles. The van der Waals surface area contributed by atoms with Gasteiger partial charge in [-0.1, -0.05) is 128 Å². The Morgan fingerprint density at radius 1 is 0.568 bits per heavy atom. The van der Waals surface area contributed by atoms with E-state index < -0.39 is 29.4 Å². The highest BCUT2D eigenvalue weighted by Crippen LogP contribution is 2.24. The summed E-state index contributed by atoms with van der Waals surface area (Å²) in [5, 5.41) is 9.86. The van der Waals surface area contributed by atoms with Gasteiger partial charge >= 0.3 is 0 Å². The molecule has 0 saturated heterocycles. The molecule has 0 spiro atoms. The first-order valence-electron chi connectivity index (χ1n) is 14.5. The molecule has 210 valence electrons. The van der Waals surface area contributed by atoms with Gasteiger partial charge in [0.25, 0.3) is 0 Å². The molecular weight excluding hydrogens is 476 g/mol. The zero-order valence-corrected chi connectivity index (χ0v) is 23.0. The van der Waals surface area contributed by atoms with E-state index >= 15 is 0 Å². The molecule has 0 heterocycles. The molecule has 0 aliphatic rings. The summed E-state index contributed by atoms with van der Waals surface area (Å²) in [6.45, 7) is 4.40. The highest BCUT2D eigenvalue weighted by Gasteiger charge is 2.15. The molecule has 2 aromatic rings. The van der Waals surface area contributed by atoms with E-state index in [-0.39, 0.29) is 5.56 Å². The third kappa shape index (κ3) is 14.6. The smallest absolute Gasteiger partial charge is 0.164 e. The molecule has 5 heteroatoms. The molecule has 0 bridgehead atoms.